The molecular formula is C28H38N7O2S+. The second-order valence-corrected chi connectivity index (χ2v) is 12.6. The molecule has 6 heterocycles. The number of piperidine rings is 1. The fourth-order valence-corrected chi connectivity index (χ4v) is 7.37. The highest BCUT2D eigenvalue weighted by Gasteiger charge is 2.34. The van der Waals surface area contributed by atoms with Gasteiger partial charge in [-0.15, -0.1) is 11.3 Å². The molecule has 0 atom stereocenters. The first-order valence-electron chi connectivity index (χ1n) is 13.8. The van der Waals surface area contributed by atoms with Gasteiger partial charge in [-0.2, -0.15) is 10.2 Å². The number of methoxy groups -OCH3 is 1. The smallest absolute Gasteiger partial charge is 0.197 e. The highest BCUT2D eigenvalue weighted by atomic mass is 32.1. The summed E-state index contributed by atoms with van der Waals surface area (Å²) in [4.78, 5) is 10.6. The number of nitrogens with one attached hydrogen (secondary N) is 1. The first-order valence-corrected chi connectivity index (χ1v) is 14.6. The van der Waals surface area contributed by atoms with Gasteiger partial charge in [0.1, 0.15) is 11.3 Å². The number of thiazole rings is 1. The Morgan fingerprint density at radius 1 is 1.18 bits per heavy atom. The number of ether oxygens (including phenoxy) is 2. The van der Waals surface area contributed by atoms with Gasteiger partial charge < -0.3 is 14.0 Å². The van der Waals surface area contributed by atoms with Crippen LogP contribution in [0.15, 0.2) is 24.8 Å². The van der Waals surface area contributed by atoms with Gasteiger partial charge in [-0.25, -0.2) is 14.5 Å². The zero-order valence-corrected chi connectivity index (χ0v) is 23.6. The number of pyridine rings is 1. The van der Waals surface area contributed by atoms with Crippen molar-refractivity contribution in [3.8, 4) is 27.7 Å². The highest BCUT2D eigenvalue weighted by molar-refractivity contribution is 7.15. The molecule has 10 heteroatoms. The molecule has 2 aliphatic rings. The van der Waals surface area contributed by atoms with Gasteiger partial charge in [0, 0.05) is 66.3 Å². The third-order valence-electron chi connectivity index (χ3n) is 8.43. The van der Waals surface area contributed by atoms with E-state index < -0.39 is 0 Å². The van der Waals surface area contributed by atoms with E-state index in [4.69, 9.17) is 19.6 Å². The van der Waals surface area contributed by atoms with E-state index in [1.807, 2.05) is 23.6 Å². The molecule has 2 fully saturated rings. The SMILES string of the molecule is COc1cc(-c2n[nH]c(-c3ncc(C4CC[N+](C)(CC5CCOCC5)CC4)s3)c2C(C)C)cn2ncnc12. The Morgan fingerprint density at radius 3 is 2.71 bits per heavy atom. The van der Waals surface area contributed by atoms with Crippen molar-refractivity contribution >= 4 is 17.0 Å². The van der Waals surface area contributed by atoms with E-state index in [1.54, 1.807) is 11.6 Å². The molecule has 202 valence electrons. The number of aromatic amines is 1. The lowest BCUT2D eigenvalue weighted by Gasteiger charge is -2.43. The van der Waals surface area contributed by atoms with Gasteiger partial charge in [0.25, 0.3) is 0 Å². The van der Waals surface area contributed by atoms with E-state index in [-0.39, 0.29) is 5.92 Å². The molecule has 0 spiro atoms. The molecule has 0 aromatic carbocycles. The fraction of sp³-hybridized carbons (Fsp3) is 0.571. The summed E-state index contributed by atoms with van der Waals surface area (Å²) in [6.45, 7) is 10.1. The zero-order chi connectivity index (χ0) is 26.3. The number of hydrogen-bond donors (Lipinski definition) is 1. The van der Waals surface area contributed by atoms with Crippen LogP contribution in [0.3, 0.4) is 0 Å². The van der Waals surface area contributed by atoms with Crippen LogP contribution < -0.4 is 4.74 Å². The number of aromatic nitrogens is 6. The quantitative estimate of drug-likeness (QED) is 0.330. The number of hydrogen-bond acceptors (Lipinski definition) is 7. The molecule has 2 saturated heterocycles. The minimum atomic E-state index is 0.265. The standard InChI is InChI=1S/C28H38N7O2S/c1-18(2)24-25(21-13-22(36-4)27-30-17-31-34(27)15-21)32-33-26(24)28-29-14-23(38-28)20-5-9-35(3,10-6-20)16-19-7-11-37-12-8-19/h13-15,17-20H,5-12,16H2,1-4H3,(H,32,33)/q+1. The van der Waals surface area contributed by atoms with E-state index in [1.165, 1.54) is 61.0 Å². The second kappa shape index (κ2) is 10.4. The largest absolute Gasteiger partial charge is 0.493 e. The van der Waals surface area contributed by atoms with Crippen molar-refractivity contribution < 1.29 is 14.0 Å². The van der Waals surface area contributed by atoms with E-state index in [9.17, 15) is 0 Å². The molecule has 1 N–H and O–H groups in total. The van der Waals surface area contributed by atoms with Crippen LogP contribution in [0.25, 0.3) is 27.6 Å². The predicted octanol–water partition coefficient (Wildman–Crippen LogP) is 5.13. The number of rotatable bonds is 7. The molecule has 4 aromatic heterocycles. The minimum Gasteiger partial charge on any atom is -0.493 e. The third-order valence-corrected chi connectivity index (χ3v) is 9.61. The maximum Gasteiger partial charge on any atom is 0.197 e. The van der Waals surface area contributed by atoms with E-state index >= 15 is 0 Å². The maximum absolute atomic E-state index is 5.59. The predicted molar refractivity (Wildman–Crippen MR) is 149 cm³/mol. The monoisotopic (exact) mass is 536 g/mol. The fourth-order valence-electron chi connectivity index (χ4n) is 6.27. The van der Waals surface area contributed by atoms with Crippen molar-refractivity contribution in [2.75, 3.05) is 47.0 Å². The summed E-state index contributed by atoms with van der Waals surface area (Å²) in [7, 11) is 4.11. The van der Waals surface area contributed by atoms with Gasteiger partial charge in [-0.1, -0.05) is 13.8 Å². The van der Waals surface area contributed by atoms with E-state index in [2.05, 4.69) is 42.3 Å². The summed E-state index contributed by atoms with van der Waals surface area (Å²) in [5, 5.41) is 13.4. The van der Waals surface area contributed by atoms with Crippen molar-refractivity contribution in [2.45, 2.75) is 51.4 Å². The summed E-state index contributed by atoms with van der Waals surface area (Å²) in [5.41, 5.74) is 4.72. The van der Waals surface area contributed by atoms with Crippen LogP contribution in [0.1, 0.15) is 61.8 Å². The zero-order valence-electron chi connectivity index (χ0n) is 22.8. The van der Waals surface area contributed by atoms with Gasteiger partial charge in [-0.3, -0.25) is 5.10 Å². The lowest BCUT2D eigenvalue weighted by atomic mass is 9.91. The van der Waals surface area contributed by atoms with Crippen LogP contribution in [0.2, 0.25) is 0 Å². The van der Waals surface area contributed by atoms with Crippen LogP contribution >= 0.6 is 11.3 Å². The average molecular weight is 537 g/mol. The molecule has 38 heavy (non-hydrogen) atoms. The molecule has 2 aliphatic heterocycles. The number of likely N-dealkylation sites (tertiary alicyclic amines) is 1. The minimum absolute atomic E-state index is 0.265. The second-order valence-electron chi connectivity index (χ2n) is 11.5. The Labute approximate surface area is 227 Å². The van der Waals surface area contributed by atoms with E-state index in [0.717, 1.165) is 46.7 Å². The van der Waals surface area contributed by atoms with Crippen molar-refractivity contribution in [2.24, 2.45) is 5.92 Å². The lowest BCUT2D eigenvalue weighted by Crippen LogP contribution is -2.52. The Kier molecular flexibility index (Phi) is 6.96. The first kappa shape index (κ1) is 25.5. The third kappa shape index (κ3) is 4.85. The molecule has 6 rings (SSSR count). The molecule has 0 amide bonds. The number of quaternary nitrogens is 1. The number of H-pyrrole nitrogens is 1. The van der Waals surface area contributed by atoms with Crippen molar-refractivity contribution in [3.63, 3.8) is 0 Å². The van der Waals surface area contributed by atoms with Crippen molar-refractivity contribution in [3.05, 3.63) is 35.2 Å². The first-order chi connectivity index (χ1) is 18.4. The van der Waals surface area contributed by atoms with Crippen LogP contribution in [0.5, 0.6) is 5.75 Å². The Morgan fingerprint density at radius 2 is 1.97 bits per heavy atom. The molecule has 4 aromatic rings. The highest BCUT2D eigenvalue weighted by Crippen LogP contribution is 2.41. The van der Waals surface area contributed by atoms with Crippen molar-refractivity contribution in [1.82, 2.24) is 29.8 Å². The number of fused-ring (bicyclic) bond motifs is 1. The van der Waals surface area contributed by atoms with Crippen LogP contribution in [-0.4, -0.2) is 81.3 Å². The normalized spacial score (nSPS) is 22.9. The van der Waals surface area contributed by atoms with Crippen molar-refractivity contribution in [1.29, 1.82) is 0 Å². The molecule has 0 aliphatic carbocycles. The van der Waals surface area contributed by atoms with Crippen LogP contribution in [-0.2, 0) is 4.74 Å². The average Bonchev–Trinajstić information content (AvgIpc) is 3.68. The molecule has 0 unspecified atom stereocenters. The van der Waals surface area contributed by atoms with Crippen LogP contribution in [0, 0.1) is 5.92 Å². The van der Waals surface area contributed by atoms with E-state index in [0.29, 0.717) is 17.3 Å². The Balaban J connectivity index is 1.22. The summed E-state index contributed by atoms with van der Waals surface area (Å²) in [6.07, 6.45) is 10.5. The summed E-state index contributed by atoms with van der Waals surface area (Å²) < 4.78 is 14.1. The summed E-state index contributed by atoms with van der Waals surface area (Å²) in [6, 6.07) is 1.99. The van der Waals surface area contributed by atoms with Gasteiger partial charge in [0.2, 0.25) is 0 Å². The van der Waals surface area contributed by atoms with Gasteiger partial charge >= 0.3 is 0 Å². The molecule has 0 bridgehead atoms. The maximum atomic E-state index is 5.59. The topological polar surface area (TPSA) is 90.2 Å². The Hall–Kier alpha value is -2.82. The van der Waals surface area contributed by atoms with Gasteiger partial charge in [0.05, 0.1) is 45.2 Å². The molecular weight excluding hydrogens is 498 g/mol. The van der Waals surface area contributed by atoms with Gasteiger partial charge in [0.15, 0.2) is 11.4 Å². The summed E-state index contributed by atoms with van der Waals surface area (Å²) >= 11 is 1.82. The Bertz CT molecular complexity index is 1390. The lowest BCUT2D eigenvalue weighted by molar-refractivity contribution is -0.917. The molecule has 0 radical (unpaired) electrons. The number of nitrogens with zero attached hydrogens (tertiary/aromatic N) is 6. The van der Waals surface area contributed by atoms with Gasteiger partial charge in [-0.05, 0) is 24.8 Å². The molecule has 9 nitrogen and oxygen atoms in total. The molecule has 0 saturated carbocycles. The summed E-state index contributed by atoms with van der Waals surface area (Å²) in [5.74, 6) is 2.34. The van der Waals surface area contributed by atoms with Crippen LogP contribution in [0.4, 0.5) is 0 Å².